The van der Waals surface area contributed by atoms with Gasteiger partial charge in [-0.2, -0.15) is 0 Å². The molecule has 0 aliphatic heterocycles. The summed E-state index contributed by atoms with van der Waals surface area (Å²) in [7, 11) is 1.68. The molecule has 0 aliphatic carbocycles. The van der Waals surface area contributed by atoms with Crippen LogP contribution in [-0.4, -0.2) is 35.1 Å². The van der Waals surface area contributed by atoms with E-state index in [1.54, 1.807) is 7.05 Å². The zero-order valence-electron chi connectivity index (χ0n) is 6.96. The second kappa shape index (κ2) is 3.56. The molecule has 0 heterocycles. The van der Waals surface area contributed by atoms with Crippen molar-refractivity contribution in [3.63, 3.8) is 0 Å². The first-order valence-electron chi connectivity index (χ1n) is 3.41. The van der Waals surface area contributed by atoms with E-state index in [1.165, 1.54) is 11.8 Å². The maximum Gasteiger partial charge on any atom is 0.251 e. The van der Waals surface area contributed by atoms with Crippen molar-refractivity contribution in [3.8, 4) is 0 Å². The molecular weight excluding hydrogens is 130 g/mol. The standard InChI is InChI=1S/C7H15NO2/c1-5(2)8(4)7(10)6(3)9/h5-6,9H,1-4H3/t6-/m0/s1. The summed E-state index contributed by atoms with van der Waals surface area (Å²) in [5.41, 5.74) is 0. The second-order valence-corrected chi connectivity index (χ2v) is 2.72. The minimum Gasteiger partial charge on any atom is -0.384 e. The molecule has 3 heteroatoms. The molecule has 3 nitrogen and oxygen atoms in total. The van der Waals surface area contributed by atoms with Crippen molar-refractivity contribution < 1.29 is 9.90 Å². The molecule has 0 fully saturated rings. The summed E-state index contributed by atoms with van der Waals surface area (Å²) in [5, 5.41) is 8.85. The molecule has 10 heavy (non-hydrogen) atoms. The number of carbonyl (C=O) groups excluding carboxylic acids is 1. The molecule has 1 atom stereocenters. The van der Waals surface area contributed by atoms with E-state index in [4.69, 9.17) is 5.11 Å². The molecule has 0 spiro atoms. The van der Waals surface area contributed by atoms with Crippen LogP contribution in [0.25, 0.3) is 0 Å². The molecular formula is C7H15NO2. The Morgan fingerprint density at radius 1 is 1.40 bits per heavy atom. The quantitative estimate of drug-likeness (QED) is 0.604. The molecule has 1 N–H and O–H groups in total. The van der Waals surface area contributed by atoms with Gasteiger partial charge in [-0.05, 0) is 20.8 Å². The average Bonchev–Trinajstić information content (AvgIpc) is 1.84. The number of hydrogen-bond donors (Lipinski definition) is 1. The van der Waals surface area contributed by atoms with Gasteiger partial charge >= 0.3 is 0 Å². The molecule has 0 aromatic carbocycles. The topological polar surface area (TPSA) is 40.5 Å². The SMILES string of the molecule is CC(C)N(C)C(=O)[C@H](C)O. The minimum atomic E-state index is -0.882. The molecule has 0 aromatic rings. The third-order valence-corrected chi connectivity index (χ3v) is 1.48. The van der Waals surface area contributed by atoms with Crippen LogP contribution in [0.5, 0.6) is 0 Å². The molecule has 0 bridgehead atoms. The van der Waals surface area contributed by atoms with Gasteiger partial charge in [-0.15, -0.1) is 0 Å². The molecule has 0 saturated heterocycles. The van der Waals surface area contributed by atoms with Crippen LogP contribution >= 0.6 is 0 Å². The zero-order chi connectivity index (χ0) is 8.31. The van der Waals surface area contributed by atoms with E-state index in [0.29, 0.717) is 0 Å². The number of amides is 1. The highest BCUT2D eigenvalue weighted by Crippen LogP contribution is 1.96. The van der Waals surface area contributed by atoms with E-state index < -0.39 is 6.10 Å². The molecule has 0 saturated carbocycles. The van der Waals surface area contributed by atoms with Crippen LogP contribution in [-0.2, 0) is 4.79 Å². The molecule has 0 rings (SSSR count). The Kier molecular flexibility index (Phi) is 3.36. The maximum atomic E-state index is 11.0. The van der Waals surface area contributed by atoms with Gasteiger partial charge in [-0.3, -0.25) is 4.79 Å². The van der Waals surface area contributed by atoms with Crippen molar-refractivity contribution in [1.82, 2.24) is 4.90 Å². The fourth-order valence-electron chi connectivity index (χ4n) is 0.549. The molecule has 0 unspecified atom stereocenters. The van der Waals surface area contributed by atoms with E-state index >= 15 is 0 Å². The fourth-order valence-corrected chi connectivity index (χ4v) is 0.549. The summed E-state index contributed by atoms with van der Waals surface area (Å²) in [5.74, 6) is -0.227. The van der Waals surface area contributed by atoms with Crippen molar-refractivity contribution in [2.24, 2.45) is 0 Å². The predicted molar refractivity (Wildman–Crippen MR) is 39.6 cm³/mol. The summed E-state index contributed by atoms with van der Waals surface area (Å²) in [6.45, 7) is 5.28. The third-order valence-electron chi connectivity index (χ3n) is 1.48. The Morgan fingerprint density at radius 3 is 1.90 bits per heavy atom. The van der Waals surface area contributed by atoms with Gasteiger partial charge < -0.3 is 10.0 Å². The van der Waals surface area contributed by atoms with E-state index in [9.17, 15) is 4.79 Å². The number of rotatable bonds is 2. The Balaban J connectivity index is 3.95. The number of aliphatic hydroxyl groups is 1. The maximum absolute atomic E-state index is 11.0. The van der Waals surface area contributed by atoms with Crippen molar-refractivity contribution in [3.05, 3.63) is 0 Å². The van der Waals surface area contributed by atoms with Crippen LogP contribution in [0.1, 0.15) is 20.8 Å². The van der Waals surface area contributed by atoms with E-state index in [-0.39, 0.29) is 11.9 Å². The summed E-state index contributed by atoms with van der Waals surface area (Å²) < 4.78 is 0. The van der Waals surface area contributed by atoms with Crippen LogP contribution in [0, 0.1) is 0 Å². The zero-order valence-corrected chi connectivity index (χ0v) is 6.96. The first-order chi connectivity index (χ1) is 4.46. The Bertz CT molecular complexity index is 121. The molecule has 0 radical (unpaired) electrons. The lowest BCUT2D eigenvalue weighted by molar-refractivity contribution is -0.139. The summed E-state index contributed by atoms with van der Waals surface area (Å²) >= 11 is 0. The summed E-state index contributed by atoms with van der Waals surface area (Å²) in [4.78, 5) is 12.5. The summed E-state index contributed by atoms with van der Waals surface area (Å²) in [6, 6.07) is 0.155. The van der Waals surface area contributed by atoms with Gasteiger partial charge in [0.25, 0.3) is 5.91 Å². The van der Waals surface area contributed by atoms with Gasteiger partial charge in [0.2, 0.25) is 0 Å². The predicted octanol–water partition coefficient (Wildman–Crippen LogP) is 0.234. The lowest BCUT2D eigenvalue weighted by atomic mass is 10.3. The number of aliphatic hydroxyl groups excluding tert-OH is 1. The molecule has 1 amide bonds. The normalized spacial score (nSPS) is 13.4. The number of likely N-dealkylation sites (N-methyl/N-ethyl adjacent to an activating group) is 1. The lowest BCUT2D eigenvalue weighted by Crippen LogP contribution is -2.39. The van der Waals surface area contributed by atoms with Gasteiger partial charge in [0, 0.05) is 13.1 Å². The van der Waals surface area contributed by atoms with E-state index in [2.05, 4.69) is 0 Å². The second-order valence-electron chi connectivity index (χ2n) is 2.72. The number of hydrogen-bond acceptors (Lipinski definition) is 2. The third kappa shape index (κ3) is 2.35. The van der Waals surface area contributed by atoms with Crippen LogP contribution < -0.4 is 0 Å². The van der Waals surface area contributed by atoms with Gasteiger partial charge in [-0.25, -0.2) is 0 Å². The van der Waals surface area contributed by atoms with E-state index in [0.717, 1.165) is 0 Å². The number of carbonyl (C=O) groups is 1. The fraction of sp³-hybridized carbons (Fsp3) is 0.857. The minimum absolute atomic E-state index is 0.155. The van der Waals surface area contributed by atoms with Gasteiger partial charge in [0.05, 0.1) is 0 Å². The molecule has 60 valence electrons. The van der Waals surface area contributed by atoms with Crippen molar-refractivity contribution >= 4 is 5.91 Å². The highest BCUT2D eigenvalue weighted by atomic mass is 16.3. The Morgan fingerprint density at radius 2 is 1.80 bits per heavy atom. The van der Waals surface area contributed by atoms with Crippen molar-refractivity contribution in [2.75, 3.05) is 7.05 Å². The Labute approximate surface area is 61.6 Å². The van der Waals surface area contributed by atoms with Crippen LogP contribution in [0.2, 0.25) is 0 Å². The van der Waals surface area contributed by atoms with Crippen LogP contribution in [0.15, 0.2) is 0 Å². The van der Waals surface area contributed by atoms with E-state index in [1.807, 2.05) is 13.8 Å². The largest absolute Gasteiger partial charge is 0.384 e. The smallest absolute Gasteiger partial charge is 0.251 e. The van der Waals surface area contributed by atoms with Crippen molar-refractivity contribution in [2.45, 2.75) is 32.9 Å². The van der Waals surface area contributed by atoms with Crippen LogP contribution in [0.3, 0.4) is 0 Å². The first-order valence-corrected chi connectivity index (χ1v) is 3.41. The monoisotopic (exact) mass is 145 g/mol. The van der Waals surface area contributed by atoms with Crippen molar-refractivity contribution in [1.29, 1.82) is 0 Å². The first kappa shape index (κ1) is 9.43. The lowest BCUT2D eigenvalue weighted by Gasteiger charge is -2.22. The highest BCUT2D eigenvalue weighted by molar-refractivity contribution is 5.80. The van der Waals surface area contributed by atoms with Gasteiger partial charge in [-0.1, -0.05) is 0 Å². The molecule has 0 aliphatic rings. The average molecular weight is 145 g/mol. The number of nitrogens with zero attached hydrogens (tertiary/aromatic N) is 1. The summed E-state index contributed by atoms with van der Waals surface area (Å²) in [6.07, 6.45) is -0.882. The Hall–Kier alpha value is -0.570. The van der Waals surface area contributed by atoms with Crippen LogP contribution in [0.4, 0.5) is 0 Å². The van der Waals surface area contributed by atoms with Gasteiger partial charge in [0.1, 0.15) is 6.10 Å². The molecule has 0 aromatic heterocycles. The van der Waals surface area contributed by atoms with Gasteiger partial charge in [0.15, 0.2) is 0 Å². The highest BCUT2D eigenvalue weighted by Gasteiger charge is 2.15.